The lowest BCUT2D eigenvalue weighted by atomic mass is 10.2. The number of hydrogen-bond acceptors (Lipinski definition) is 3. The molecule has 0 unspecified atom stereocenters. The van der Waals surface area contributed by atoms with E-state index in [0.29, 0.717) is 14.6 Å². The topological polar surface area (TPSA) is 12.9 Å². The van der Waals surface area contributed by atoms with Gasteiger partial charge in [-0.15, -0.1) is 0 Å². The van der Waals surface area contributed by atoms with Crippen molar-refractivity contribution >= 4 is 34.2 Å². The molecule has 0 bridgehead atoms. The summed E-state index contributed by atoms with van der Waals surface area (Å²) in [6, 6.07) is 3.45. The van der Waals surface area contributed by atoms with Gasteiger partial charge in [0, 0.05) is 0 Å². The lowest BCUT2D eigenvalue weighted by molar-refractivity contribution is -0.137. The highest BCUT2D eigenvalue weighted by Gasteiger charge is 2.30. The van der Waals surface area contributed by atoms with Gasteiger partial charge in [-0.1, -0.05) is 12.1 Å². The second-order valence-corrected chi connectivity index (χ2v) is 4.34. The SMILES string of the molecule is FC(F)(F)c1ccc2sc([S-])nc2c1. The third-order valence-electron chi connectivity index (χ3n) is 1.70. The molecule has 2 aromatic rings. The number of benzene rings is 1. The van der Waals surface area contributed by atoms with E-state index in [9.17, 15) is 13.2 Å². The lowest BCUT2D eigenvalue weighted by Gasteiger charge is -2.05. The monoisotopic (exact) mass is 234 g/mol. The minimum Gasteiger partial charge on any atom is -0.408 e. The van der Waals surface area contributed by atoms with Crippen LogP contribution in [0.1, 0.15) is 5.56 Å². The molecular formula is C8H3F3NS2-. The highest BCUT2D eigenvalue weighted by molar-refractivity contribution is 7.63. The van der Waals surface area contributed by atoms with Crippen molar-refractivity contribution in [3.05, 3.63) is 23.8 Å². The van der Waals surface area contributed by atoms with E-state index in [1.807, 2.05) is 0 Å². The van der Waals surface area contributed by atoms with Gasteiger partial charge < -0.3 is 24.0 Å². The molecule has 0 spiro atoms. The van der Waals surface area contributed by atoms with Crippen LogP contribution in [0.5, 0.6) is 0 Å². The molecule has 2 rings (SSSR count). The molecular weight excluding hydrogens is 231 g/mol. The van der Waals surface area contributed by atoms with Gasteiger partial charge in [0.15, 0.2) is 0 Å². The van der Waals surface area contributed by atoms with Gasteiger partial charge in [-0.3, -0.25) is 4.98 Å². The Morgan fingerprint density at radius 2 is 2.00 bits per heavy atom. The molecule has 0 aliphatic rings. The molecule has 0 aliphatic heterocycles. The molecule has 0 N–H and O–H groups in total. The first-order valence-corrected chi connectivity index (χ1v) is 4.84. The van der Waals surface area contributed by atoms with Crippen molar-refractivity contribution < 1.29 is 13.2 Å². The maximum atomic E-state index is 12.3. The molecule has 0 radical (unpaired) electrons. The van der Waals surface area contributed by atoms with E-state index in [2.05, 4.69) is 4.98 Å². The molecule has 0 saturated heterocycles. The van der Waals surface area contributed by atoms with E-state index in [-0.39, 0.29) is 0 Å². The van der Waals surface area contributed by atoms with Crippen molar-refractivity contribution in [3.63, 3.8) is 0 Å². The Morgan fingerprint density at radius 3 is 2.64 bits per heavy atom. The van der Waals surface area contributed by atoms with Gasteiger partial charge in [0.1, 0.15) is 0 Å². The summed E-state index contributed by atoms with van der Waals surface area (Å²) in [6.07, 6.45) is -4.32. The summed E-state index contributed by atoms with van der Waals surface area (Å²) in [4.78, 5) is 3.82. The molecule has 1 heterocycles. The molecule has 14 heavy (non-hydrogen) atoms. The Morgan fingerprint density at radius 1 is 1.29 bits per heavy atom. The van der Waals surface area contributed by atoms with E-state index < -0.39 is 11.7 Å². The molecule has 0 fully saturated rings. The number of alkyl halides is 3. The van der Waals surface area contributed by atoms with Crippen LogP contribution in [-0.2, 0) is 18.8 Å². The lowest BCUT2D eigenvalue weighted by Crippen LogP contribution is -2.03. The quantitative estimate of drug-likeness (QED) is 0.649. The van der Waals surface area contributed by atoms with Crippen LogP contribution in [0.25, 0.3) is 10.2 Å². The van der Waals surface area contributed by atoms with Gasteiger partial charge in [0.2, 0.25) is 0 Å². The zero-order valence-electron chi connectivity index (χ0n) is 6.63. The van der Waals surface area contributed by atoms with Gasteiger partial charge in [-0.2, -0.15) is 13.2 Å². The van der Waals surface area contributed by atoms with Crippen molar-refractivity contribution in [1.29, 1.82) is 0 Å². The molecule has 1 aromatic carbocycles. The van der Waals surface area contributed by atoms with E-state index in [4.69, 9.17) is 12.6 Å². The van der Waals surface area contributed by atoms with Crippen LogP contribution in [0.2, 0.25) is 0 Å². The summed E-state index contributed by atoms with van der Waals surface area (Å²) in [5.74, 6) is 0. The summed E-state index contributed by atoms with van der Waals surface area (Å²) in [7, 11) is 0. The third kappa shape index (κ3) is 1.67. The maximum absolute atomic E-state index is 12.3. The number of hydrogen-bond donors (Lipinski definition) is 0. The van der Waals surface area contributed by atoms with Gasteiger partial charge in [-0.05, 0) is 15.1 Å². The average molecular weight is 234 g/mol. The van der Waals surface area contributed by atoms with Crippen LogP contribution in [0.3, 0.4) is 0 Å². The Hall–Kier alpha value is -0.880. The Bertz CT molecular complexity index is 475. The highest BCUT2D eigenvalue weighted by Crippen LogP contribution is 2.32. The van der Waals surface area contributed by atoms with Crippen molar-refractivity contribution in [1.82, 2.24) is 4.98 Å². The van der Waals surface area contributed by atoms with Crippen molar-refractivity contribution in [3.8, 4) is 0 Å². The number of halogens is 3. The number of nitrogens with zero attached hydrogens (tertiary/aromatic N) is 1. The van der Waals surface area contributed by atoms with Gasteiger partial charge in [0.25, 0.3) is 0 Å². The standard InChI is InChI=1S/C8H4F3NS2/c9-8(10,11)4-1-2-6-5(3-4)12-7(13)14-6/h1-3H,(H,12,13)/p-1. The molecule has 0 amide bonds. The first kappa shape index (κ1) is 9.67. The third-order valence-corrected chi connectivity index (χ3v) is 2.87. The van der Waals surface area contributed by atoms with Crippen molar-refractivity contribution in [2.24, 2.45) is 0 Å². The van der Waals surface area contributed by atoms with Gasteiger partial charge >= 0.3 is 6.18 Å². The first-order valence-electron chi connectivity index (χ1n) is 3.61. The second-order valence-electron chi connectivity index (χ2n) is 2.66. The van der Waals surface area contributed by atoms with E-state index in [1.165, 1.54) is 17.4 Å². The molecule has 0 aliphatic carbocycles. The Balaban J connectivity index is 2.62. The summed E-state index contributed by atoms with van der Waals surface area (Å²) in [6.45, 7) is 0. The maximum Gasteiger partial charge on any atom is 0.416 e. The molecule has 1 aromatic heterocycles. The van der Waals surface area contributed by atoms with Gasteiger partial charge in [-0.25, -0.2) is 0 Å². The first-order chi connectivity index (χ1) is 6.47. The zero-order chi connectivity index (χ0) is 10.3. The summed E-state index contributed by atoms with van der Waals surface area (Å²) < 4.78 is 37.9. The van der Waals surface area contributed by atoms with Crippen LogP contribution in [-0.4, -0.2) is 4.98 Å². The Kier molecular flexibility index (Phi) is 2.11. The highest BCUT2D eigenvalue weighted by atomic mass is 32.2. The number of rotatable bonds is 0. The minimum atomic E-state index is -4.32. The van der Waals surface area contributed by atoms with Gasteiger partial charge in [0.05, 0.1) is 11.1 Å². The normalized spacial score (nSPS) is 12.2. The number of fused-ring (bicyclic) bond motifs is 1. The molecule has 0 atom stereocenters. The average Bonchev–Trinajstić information content (AvgIpc) is 2.41. The smallest absolute Gasteiger partial charge is 0.408 e. The van der Waals surface area contributed by atoms with Crippen molar-refractivity contribution in [2.45, 2.75) is 10.5 Å². The van der Waals surface area contributed by atoms with Crippen LogP contribution < -0.4 is 0 Å². The Labute approximate surface area is 87.0 Å². The molecule has 74 valence electrons. The molecule has 0 saturated carbocycles. The molecule has 6 heteroatoms. The fourth-order valence-electron chi connectivity index (χ4n) is 1.08. The summed E-state index contributed by atoms with van der Waals surface area (Å²) in [5.41, 5.74) is -0.375. The van der Waals surface area contributed by atoms with Crippen LogP contribution in [0, 0.1) is 0 Å². The van der Waals surface area contributed by atoms with E-state index in [0.717, 1.165) is 12.1 Å². The summed E-state index contributed by atoms with van der Waals surface area (Å²) >= 11 is 5.98. The van der Waals surface area contributed by atoms with Crippen molar-refractivity contribution in [2.75, 3.05) is 0 Å². The zero-order valence-corrected chi connectivity index (χ0v) is 8.26. The fourth-order valence-corrected chi connectivity index (χ4v) is 2.13. The minimum absolute atomic E-state index is 0.315. The van der Waals surface area contributed by atoms with E-state index >= 15 is 0 Å². The van der Waals surface area contributed by atoms with Crippen LogP contribution >= 0.6 is 11.3 Å². The number of thiazole rings is 1. The second kappa shape index (κ2) is 3.06. The molecule has 1 nitrogen and oxygen atoms in total. The fraction of sp³-hybridized carbons (Fsp3) is 0.125. The predicted octanol–water partition coefficient (Wildman–Crippen LogP) is 3.22. The van der Waals surface area contributed by atoms with E-state index in [1.54, 1.807) is 0 Å². The van der Waals surface area contributed by atoms with Crippen LogP contribution in [0.4, 0.5) is 13.2 Å². The predicted molar refractivity (Wildman–Crippen MR) is 50.3 cm³/mol. The summed E-state index contributed by atoms with van der Waals surface area (Å²) in [5, 5.41) is 0. The van der Waals surface area contributed by atoms with Crippen LogP contribution in [0.15, 0.2) is 22.5 Å². The number of aromatic nitrogens is 1. The largest absolute Gasteiger partial charge is 0.416 e.